The molecule has 1 unspecified atom stereocenters. The summed E-state index contributed by atoms with van der Waals surface area (Å²) in [5.41, 5.74) is -0.958. The summed E-state index contributed by atoms with van der Waals surface area (Å²) in [6.07, 6.45) is 4.46. The van der Waals surface area contributed by atoms with Gasteiger partial charge in [-0.25, -0.2) is 4.98 Å². The average Bonchev–Trinajstić information content (AvgIpc) is 2.74. The Morgan fingerprint density at radius 1 is 1.61 bits per heavy atom. The van der Waals surface area contributed by atoms with Crippen molar-refractivity contribution in [1.82, 2.24) is 14.9 Å². The van der Waals surface area contributed by atoms with Crippen LogP contribution in [0.3, 0.4) is 0 Å². The van der Waals surface area contributed by atoms with E-state index in [1.54, 1.807) is 13.1 Å². The fourth-order valence-corrected chi connectivity index (χ4v) is 1.90. The molecule has 0 aliphatic heterocycles. The maximum absolute atomic E-state index is 11.4. The number of imidazole rings is 1. The summed E-state index contributed by atoms with van der Waals surface area (Å²) < 4.78 is 1.92. The molecule has 1 heterocycles. The van der Waals surface area contributed by atoms with Crippen LogP contribution in [-0.2, 0) is 11.3 Å². The zero-order valence-electron chi connectivity index (χ0n) is 11.6. The highest BCUT2D eigenvalue weighted by molar-refractivity contribution is 5.78. The van der Waals surface area contributed by atoms with Crippen LogP contribution in [0.5, 0.6) is 0 Å². The van der Waals surface area contributed by atoms with E-state index >= 15 is 0 Å². The van der Waals surface area contributed by atoms with Gasteiger partial charge in [-0.1, -0.05) is 20.8 Å². The fraction of sp³-hybridized carbons (Fsp3) is 0.692. The van der Waals surface area contributed by atoms with Crippen LogP contribution in [0, 0.1) is 0 Å². The Kier molecular flexibility index (Phi) is 4.90. The second kappa shape index (κ2) is 6.00. The average molecular weight is 253 g/mol. The second-order valence-corrected chi connectivity index (χ2v) is 5.13. The summed E-state index contributed by atoms with van der Waals surface area (Å²) in [7, 11) is 0. The summed E-state index contributed by atoms with van der Waals surface area (Å²) in [6, 6.07) is 0. The molecule has 2 N–H and O–H groups in total. The van der Waals surface area contributed by atoms with Gasteiger partial charge in [0.1, 0.15) is 11.4 Å². The van der Waals surface area contributed by atoms with Crippen LogP contribution in [0.1, 0.15) is 45.9 Å². The summed E-state index contributed by atoms with van der Waals surface area (Å²) in [4.78, 5) is 15.7. The van der Waals surface area contributed by atoms with E-state index in [2.05, 4.69) is 24.1 Å². The van der Waals surface area contributed by atoms with E-state index in [-0.39, 0.29) is 5.92 Å². The van der Waals surface area contributed by atoms with E-state index in [9.17, 15) is 9.90 Å². The van der Waals surface area contributed by atoms with Crippen LogP contribution in [0.15, 0.2) is 12.4 Å². The first-order valence-electron chi connectivity index (χ1n) is 6.40. The highest BCUT2D eigenvalue weighted by Gasteiger charge is 2.33. The lowest BCUT2D eigenvalue weighted by Gasteiger charge is -2.27. The van der Waals surface area contributed by atoms with Gasteiger partial charge in [0, 0.05) is 18.3 Å². The molecular formula is C13H23N3O2. The van der Waals surface area contributed by atoms with Crippen molar-refractivity contribution in [3.05, 3.63) is 18.2 Å². The number of aromatic nitrogens is 2. The van der Waals surface area contributed by atoms with Gasteiger partial charge in [0.15, 0.2) is 0 Å². The van der Waals surface area contributed by atoms with Crippen molar-refractivity contribution in [1.29, 1.82) is 0 Å². The third-order valence-corrected chi connectivity index (χ3v) is 2.99. The normalized spacial score (nSPS) is 14.7. The molecule has 0 amide bonds. The molecule has 0 radical (unpaired) electrons. The molecule has 0 saturated carbocycles. The van der Waals surface area contributed by atoms with Crippen LogP contribution in [0.2, 0.25) is 0 Å². The summed E-state index contributed by atoms with van der Waals surface area (Å²) >= 11 is 0. The van der Waals surface area contributed by atoms with Gasteiger partial charge in [-0.3, -0.25) is 4.79 Å². The minimum absolute atomic E-state index is 0.282. The van der Waals surface area contributed by atoms with E-state index in [0.29, 0.717) is 13.1 Å². The lowest BCUT2D eigenvalue weighted by atomic mass is 10.0. The molecule has 0 aliphatic rings. The summed E-state index contributed by atoms with van der Waals surface area (Å²) in [5, 5.41) is 12.5. The fourth-order valence-electron chi connectivity index (χ4n) is 1.90. The third kappa shape index (κ3) is 3.32. The van der Waals surface area contributed by atoms with E-state index < -0.39 is 11.5 Å². The van der Waals surface area contributed by atoms with Crippen LogP contribution in [0.4, 0.5) is 0 Å². The summed E-state index contributed by atoms with van der Waals surface area (Å²) in [6.45, 7) is 8.91. The minimum Gasteiger partial charge on any atom is -0.480 e. The maximum atomic E-state index is 11.4. The Hall–Kier alpha value is -1.36. The third-order valence-electron chi connectivity index (χ3n) is 2.99. The first-order valence-corrected chi connectivity index (χ1v) is 6.40. The molecule has 1 aromatic rings. The van der Waals surface area contributed by atoms with E-state index in [1.165, 1.54) is 0 Å². The maximum Gasteiger partial charge on any atom is 0.325 e. The zero-order valence-corrected chi connectivity index (χ0v) is 11.6. The van der Waals surface area contributed by atoms with Crippen molar-refractivity contribution in [2.45, 2.75) is 52.1 Å². The van der Waals surface area contributed by atoms with Gasteiger partial charge in [-0.2, -0.15) is 0 Å². The van der Waals surface area contributed by atoms with E-state index in [4.69, 9.17) is 0 Å². The predicted molar refractivity (Wildman–Crippen MR) is 70.7 cm³/mol. The molecule has 0 aromatic carbocycles. The number of aliphatic carboxylic acids is 1. The quantitative estimate of drug-likeness (QED) is 0.778. The Morgan fingerprint density at radius 3 is 2.78 bits per heavy atom. The molecule has 102 valence electrons. The molecule has 1 atom stereocenters. The van der Waals surface area contributed by atoms with Crippen LogP contribution >= 0.6 is 0 Å². The van der Waals surface area contributed by atoms with Crippen molar-refractivity contribution in [3.63, 3.8) is 0 Å². The highest BCUT2D eigenvalue weighted by atomic mass is 16.4. The molecule has 18 heavy (non-hydrogen) atoms. The van der Waals surface area contributed by atoms with Gasteiger partial charge < -0.3 is 15.0 Å². The van der Waals surface area contributed by atoms with Crippen molar-refractivity contribution in [3.8, 4) is 0 Å². The number of carboxylic acids is 1. The number of carboxylic acid groups (broad SMARTS) is 1. The first kappa shape index (κ1) is 14.7. The number of nitrogens with one attached hydrogen (secondary N) is 1. The Balaban J connectivity index is 2.89. The van der Waals surface area contributed by atoms with Gasteiger partial charge in [0.2, 0.25) is 0 Å². The van der Waals surface area contributed by atoms with Crippen LogP contribution in [-0.4, -0.2) is 32.7 Å². The molecule has 0 fully saturated rings. The topological polar surface area (TPSA) is 67.2 Å². The summed E-state index contributed by atoms with van der Waals surface area (Å²) in [5.74, 6) is 0.365. The number of hydrogen-bond donors (Lipinski definition) is 2. The molecular weight excluding hydrogens is 230 g/mol. The Bertz CT molecular complexity index is 401. The standard InChI is InChI=1S/C13H23N3O2/c1-5-6-15-13(4,12(17)18)9-16-8-7-14-11(16)10(2)3/h7-8,10,15H,5-6,9H2,1-4H3,(H,17,18). The number of carbonyl (C=O) groups is 1. The number of hydrogen-bond acceptors (Lipinski definition) is 3. The minimum atomic E-state index is -0.958. The lowest BCUT2D eigenvalue weighted by molar-refractivity contribution is -0.144. The molecule has 0 spiro atoms. The predicted octanol–water partition coefficient (Wildman–Crippen LogP) is 1.85. The largest absolute Gasteiger partial charge is 0.480 e. The smallest absolute Gasteiger partial charge is 0.325 e. The first-order chi connectivity index (χ1) is 8.40. The van der Waals surface area contributed by atoms with Gasteiger partial charge >= 0.3 is 5.97 Å². The van der Waals surface area contributed by atoms with Crippen LogP contribution in [0.25, 0.3) is 0 Å². The molecule has 5 nitrogen and oxygen atoms in total. The SMILES string of the molecule is CCCNC(C)(Cn1ccnc1C(C)C)C(=O)O. The Morgan fingerprint density at radius 2 is 2.28 bits per heavy atom. The molecule has 5 heteroatoms. The number of nitrogens with zero attached hydrogens (tertiary/aromatic N) is 2. The highest BCUT2D eigenvalue weighted by Crippen LogP contribution is 2.16. The monoisotopic (exact) mass is 253 g/mol. The molecule has 0 aliphatic carbocycles. The van der Waals surface area contributed by atoms with E-state index in [0.717, 1.165) is 12.2 Å². The van der Waals surface area contributed by atoms with Crippen molar-refractivity contribution < 1.29 is 9.90 Å². The van der Waals surface area contributed by atoms with Gasteiger partial charge in [0.25, 0.3) is 0 Å². The van der Waals surface area contributed by atoms with Gasteiger partial charge in [0.05, 0.1) is 6.54 Å². The van der Waals surface area contributed by atoms with Gasteiger partial charge in [-0.05, 0) is 19.9 Å². The van der Waals surface area contributed by atoms with Gasteiger partial charge in [-0.15, -0.1) is 0 Å². The molecule has 1 rings (SSSR count). The molecule has 1 aromatic heterocycles. The van der Waals surface area contributed by atoms with Crippen molar-refractivity contribution in [2.75, 3.05) is 6.54 Å². The molecule has 0 bridgehead atoms. The number of rotatable bonds is 7. The van der Waals surface area contributed by atoms with Crippen LogP contribution < -0.4 is 5.32 Å². The second-order valence-electron chi connectivity index (χ2n) is 5.13. The van der Waals surface area contributed by atoms with Crippen molar-refractivity contribution >= 4 is 5.97 Å². The lowest BCUT2D eigenvalue weighted by Crippen LogP contribution is -2.53. The zero-order chi connectivity index (χ0) is 13.8. The van der Waals surface area contributed by atoms with Crippen molar-refractivity contribution in [2.24, 2.45) is 0 Å². The van der Waals surface area contributed by atoms with E-state index in [1.807, 2.05) is 17.7 Å². The Labute approximate surface area is 108 Å². The molecule has 0 saturated heterocycles.